The van der Waals surface area contributed by atoms with Crippen LogP contribution in [-0.2, 0) is 0 Å². The summed E-state index contributed by atoms with van der Waals surface area (Å²) in [5.41, 5.74) is 6.63. The zero-order valence-electron chi connectivity index (χ0n) is 7.51. The SMILES string of the molecule is C=CN(/C=C(\N)CCC)CC. The molecule has 0 aliphatic rings. The molecule has 0 radical (unpaired) electrons. The van der Waals surface area contributed by atoms with Gasteiger partial charge in [0.05, 0.1) is 0 Å². The predicted molar refractivity (Wildman–Crippen MR) is 49.8 cm³/mol. The van der Waals surface area contributed by atoms with Gasteiger partial charge in [-0.05, 0) is 19.5 Å². The molecule has 0 aromatic rings. The first-order valence-electron chi connectivity index (χ1n) is 4.09. The van der Waals surface area contributed by atoms with Crippen LogP contribution in [0.25, 0.3) is 0 Å². The Morgan fingerprint density at radius 1 is 1.55 bits per heavy atom. The molecular weight excluding hydrogens is 136 g/mol. The summed E-state index contributed by atoms with van der Waals surface area (Å²) in [5.74, 6) is 0. The molecule has 0 saturated heterocycles. The minimum atomic E-state index is 0.925. The lowest BCUT2D eigenvalue weighted by molar-refractivity contribution is 0.529. The van der Waals surface area contributed by atoms with Crippen LogP contribution >= 0.6 is 0 Å². The summed E-state index contributed by atoms with van der Waals surface area (Å²) in [4.78, 5) is 1.98. The normalized spacial score (nSPS) is 11.3. The average Bonchev–Trinajstić information content (AvgIpc) is 2.01. The molecule has 64 valence electrons. The molecule has 0 heterocycles. The van der Waals surface area contributed by atoms with Crippen molar-refractivity contribution in [2.45, 2.75) is 26.7 Å². The minimum Gasteiger partial charge on any atom is -0.401 e. The fourth-order valence-corrected chi connectivity index (χ4v) is 0.839. The van der Waals surface area contributed by atoms with Crippen LogP contribution in [0.3, 0.4) is 0 Å². The molecule has 0 spiro atoms. The largest absolute Gasteiger partial charge is 0.401 e. The predicted octanol–water partition coefficient (Wildman–Crippen LogP) is 2.05. The first-order valence-corrected chi connectivity index (χ1v) is 4.09. The molecule has 2 nitrogen and oxygen atoms in total. The molecule has 0 aromatic heterocycles. The lowest BCUT2D eigenvalue weighted by Crippen LogP contribution is -2.11. The van der Waals surface area contributed by atoms with Crippen molar-refractivity contribution in [2.75, 3.05) is 6.54 Å². The van der Waals surface area contributed by atoms with Gasteiger partial charge in [0.1, 0.15) is 0 Å². The topological polar surface area (TPSA) is 29.3 Å². The van der Waals surface area contributed by atoms with Gasteiger partial charge in [0.15, 0.2) is 0 Å². The van der Waals surface area contributed by atoms with Gasteiger partial charge in [0, 0.05) is 18.4 Å². The lowest BCUT2D eigenvalue weighted by Gasteiger charge is -2.12. The Hall–Kier alpha value is -0.920. The number of nitrogens with zero attached hydrogens (tertiary/aromatic N) is 1. The van der Waals surface area contributed by atoms with E-state index in [1.807, 2.05) is 11.1 Å². The number of allylic oxidation sites excluding steroid dienone is 1. The van der Waals surface area contributed by atoms with Gasteiger partial charge in [-0.3, -0.25) is 0 Å². The highest BCUT2D eigenvalue weighted by Crippen LogP contribution is 1.99. The van der Waals surface area contributed by atoms with Crippen LogP contribution in [0.15, 0.2) is 24.7 Å². The third kappa shape index (κ3) is 4.48. The van der Waals surface area contributed by atoms with Gasteiger partial charge >= 0.3 is 0 Å². The summed E-state index contributed by atoms with van der Waals surface area (Å²) < 4.78 is 0. The number of hydrogen-bond donors (Lipinski definition) is 1. The Balaban J connectivity index is 3.91. The second-order valence-electron chi connectivity index (χ2n) is 2.47. The van der Waals surface area contributed by atoms with Crippen molar-refractivity contribution in [1.29, 1.82) is 0 Å². The molecule has 0 rings (SSSR count). The number of nitrogens with two attached hydrogens (primary N) is 1. The molecule has 0 bridgehead atoms. The van der Waals surface area contributed by atoms with E-state index >= 15 is 0 Å². The summed E-state index contributed by atoms with van der Waals surface area (Å²) in [7, 11) is 0. The maximum atomic E-state index is 5.71. The fraction of sp³-hybridized carbons (Fsp3) is 0.556. The van der Waals surface area contributed by atoms with Gasteiger partial charge < -0.3 is 10.6 Å². The van der Waals surface area contributed by atoms with Crippen LogP contribution in [0, 0.1) is 0 Å². The third-order valence-electron chi connectivity index (χ3n) is 1.47. The van der Waals surface area contributed by atoms with Gasteiger partial charge in [-0.25, -0.2) is 0 Å². The molecule has 0 amide bonds. The maximum absolute atomic E-state index is 5.71. The van der Waals surface area contributed by atoms with Gasteiger partial charge in [0.25, 0.3) is 0 Å². The van der Waals surface area contributed by atoms with Crippen LogP contribution in [0.4, 0.5) is 0 Å². The van der Waals surface area contributed by atoms with Gasteiger partial charge in [-0.1, -0.05) is 19.9 Å². The summed E-state index contributed by atoms with van der Waals surface area (Å²) in [5, 5.41) is 0. The highest BCUT2D eigenvalue weighted by Gasteiger charge is 1.91. The van der Waals surface area contributed by atoms with Crippen molar-refractivity contribution in [3.63, 3.8) is 0 Å². The monoisotopic (exact) mass is 154 g/mol. The zero-order chi connectivity index (χ0) is 8.69. The summed E-state index contributed by atoms with van der Waals surface area (Å²) in [6.45, 7) is 8.78. The second-order valence-corrected chi connectivity index (χ2v) is 2.47. The van der Waals surface area contributed by atoms with E-state index in [1.165, 1.54) is 0 Å². The van der Waals surface area contributed by atoms with Gasteiger partial charge in [-0.15, -0.1) is 0 Å². The highest BCUT2D eigenvalue weighted by molar-refractivity contribution is 4.97. The third-order valence-corrected chi connectivity index (χ3v) is 1.47. The van der Waals surface area contributed by atoms with Crippen LogP contribution < -0.4 is 5.73 Å². The average molecular weight is 154 g/mol. The first-order chi connectivity index (χ1) is 5.24. The van der Waals surface area contributed by atoms with Crippen molar-refractivity contribution in [2.24, 2.45) is 5.73 Å². The van der Waals surface area contributed by atoms with E-state index < -0.39 is 0 Å². The zero-order valence-corrected chi connectivity index (χ0v) is 7.51. The Kier molecular flexibility index (Phi) is 5.35. The van der Waals surface area contributed by atoms with E-state index in [1.54, 1.807) is 6.20 Å². The van der Waals surface area contributed by atoms with Gasteiger partial charge in [0.2, 0.25) is 0 Å². The Morgan fingerprint density at radius 2 is 2.18 bits per heavy atom. The van der Waals surface area contributed by atoms with Crippen molar-refractivity contribution in [1.82, 2.24) is 4.90 Å². The Bertz CT molecular complexity index is 138. The molecule has 0 aliphatic heterocycles. The molecule has 0 fully saturated rings. The van der Waals surface area contributed by atoms with Crippen molar-refractivity contribution < 1.29 is 0 Å². The lowest BCUT2D eigenvalue weighted by atomic mass is 10.3. The van der Waals surface area contributed by atoms with E-state index in [0.717, 1.165) is 25.1 Å². The number of hydrogen-bond acceptors (Lipinski definition) is 2. The molecule has 0 atom stereocenters. The van der Waals surface area contributed by atoms with Crippen molar-refractivity contribution >= 4 is 0 Å². The van der Waals surface area contributed by atoms with E-state index in [0.29, 0.717) is 0 Å². The van der Waals surface area contributed by atoms with Crippen LogP contribution in [0.5, 0.6) is 0 Å². The Morgan fingerprint density at radius 3 is 2.55 bits per heavy atom. The Labute approximate surface area is 69.4 Å². The van der Waals surface area contributed by atoms with Crippen LogP contribution in [-0.4, -0.2) is 11.4 Å². The molecule has 0 saturated carbocycles. The molecule has 0 aliphatic carbocycles. The molecule has 2 heteroatoms. The summed E-state index contributed by atoms with van der Waals surface area (Å²) in [6.07, 6.45) is 5.78. The summed E-state index contributed by atoms with van der Waals surface area (Å²) in [6, 6.07) is 0. The van der Waals surface area contributed by atoms with E-state index in [-0.39, 0.29) is 0 Å². The highest BCUT2D eigenvalue weighted by atomic mass is 15.1. The van der Waals surface area contributed by atoms with Crippen LogP contribution in [0.1, 0.15) is 26.7 Å². The molecule has 0 aromatic carbocycles. The van der Waals surface area contributed by atoms with Crippen LogP contribution in [0.2, 0.25) is 0 Å². The standard InChI is InChI=1S/C9H18N2/c1-4-7-9(10)8-11(5-2)6-3/h5,8H,2,4,6-7,10H2,1,3H3/b9-8-. The molecular formula is C9H18N2. The summed E-state index contributed by atoms with van der Waals surface area (Å²) >= 11 is 0. The maximum Gasteiger partial charge on any atom is 0.0245 e. The van der Waals surface area contributed by atoms with E-state index in [9.17, 15) is 0 Å². The minimum absolute atomic E-state index is 0.925. The molecule has 0 unspecified atom stereocenters. The second kappa shape index (κ2) is 5.83. The van der Waals surface area contributed by atoms with E-state index in [2.05, 4.69) is 20.4 Å². The number of rotatable bonds is 5. The van der Waals surface area contributed by atoms with Gasteiger partial charge in [-0.2, -0.15) is 0 Å². The fourth-order valence-electron chi connectivity index (χ4n) is 0.839. The molecule has 2 N–H and O–H groups in total. The van der Waals surface area contributed by atoms with Crippen molar-refractivity contribution in [3.05, 3.63) is 24.7 Å². The first kappa shape index (κ1) is 10.1. The van der Waals surface area contributed by atoms with Crippen molar-refractivity contribution in [3.8, 4) is 0 Å². The quantitative estimate of drug-likeness (QED) is 0.656. The smallest absolute Gasteiger partial charge is 0.0245 e. The molecule has 11 heavy (non-hydrogen) atoms. The van der Waals surface area contributed by atoms with E-state index in [4.69, 9.17) is 5.73 Å².